The van der Waals surface area contributed by atoms with E-state index in [1.165, 1.54) is 0 Å². The van der Waals surface area contributed by atoms with Crippen molar-refractivity contribution in [3.05, 3.63) is 70.9 Å². The molecule has 0 bridgehead atoms. The lowest BCUT2D eigenvalue weighted by molar-refractivity contribution is 0.0719. The van der Waals surface area contributed by atoms with Gasteiger partial charge in [-0.1, -0.05) is 42.7 Å². The van der Waals surface area contributed by atoms with E-state index in [1.807, 2.05) is 30.3 Å². The molecule has 5 nitrogen and oxygen atoms in total. The molecule has 0 aliphatic heterocycles. The molecule has 0 aliphatic carbocycles. The molecule has 0 saturated carbocycles. The van der Waals surface area contributed by atoms with E-state index in [1.54, 1.807) is 36.3 Å². The lowest BCUT2D eigenvalue weighted by Gasteiger charge is -2.23. The molecule has 1 amide bonds. The first-order chi connectivity index (χ1) is 13.5. The Morgan fingerprint density at radius 2 is 1.89 bits per heavy atom. The fourth-order valence-corrected chi connectivity index (χ4v) is 3.12. The number of hydrogen-bond donors (Lipinski definition) is 0. The van der Waals surface area contributed by atoms with Crippen LogP contribution in [0.4, 0.5) is 0 Å². The second-order valence-electron chi connectivity index (χ2n) is 6.97. The molecule has 2 aromatic carbocycles. The molecule has 3 rings (SSSR count). The number of hydrogen-bond acceptors (Lipinski definition) is 4. The number of nitrogens with zero attached hydrogens (tertiary/aromatic N) is 2. The molecule has 0 saturated heterocycles. The number of rotatable bonds is 7. The predicted molar refractivity (Wildman–Crippen MR) is 110 cm³/mol. The molecule has 0 aliphatic rings. The second kappa shape index (κ2) is 8.93. The summed E-state index contributed by atoms with van der Waals surface area (Å²) in [6.45, 7) is 5.12. The molecule has 0 N–H and O–H groups in total. The first-order valence-electron chi connectivity index (χ1n) is 9.11. The highest BCUT2D eigenvalue weighted by atomic mass is 35.5. The SMILES string of the molecule is COc1ccccc1-c1cc(CN(CC(C)C)C(=O)c2ccc(Cl)cc2)no1. The van der Waals surface area contributed by atoms with Crippen molar-refractivity contribution in [3.8, 4) is 17.1 Å². The monoisotopic (exact) mass is 398 g/mol. The molecule has 1 heterocycles. The molecule has 0 unspecified atom stereocenters. The summed E-state index contributed by atoms with van der Waals surface area (Å²) in [5.41, 5.74) is 2.10. The Balaban J connectivity index is 1.83. The number of benzene rings is 2. The van der Waals surface area contributed by atoms with E-state index in [9.17, 15) is 4.79 Å². The number of carbonyl (C=O) groups excluding carboxylic acids is 1. The van der Waals surface area contributed by atoms with E-state index in [0.29, 0.717) is 46.8 Å². The Bertz CT molecular complexity index is 935. The van der Waals surface area contributed by atoms with Crippen molar-refractivity contribution >= 4 is 17.5 Å². The number of ether oxygens (including phenoxy) is 1. The van der Waals surface area contributed by atoms with E-state index in [4.69, 9.17) is 20.9 Å². The van der Waals surface area contributed by atoms with E-state index >= 15 is 0 Å². The largest absolute Gasteiger partial charge is 0.496 e. The van der Waals surface area contributed by atoms with Gasteiger partial charge in [-0.3, -0.25) is 4.79 Å². The van der Waals surface area contributed by atoms with Gasteiger partial charge in [-0.2, -0.15) is 0 Å². The van der Waals surface area contributed by atoms with Crippen molar-refractivity contribution in [1.82, 2.24) is 10.1 Å². The van der Waals surface area contributed by atoms with Crippen LogP contribution in [0.5, 0.6) is 5.75 Å². The van der Waals surface area contributed by atoms with Crippen LogP contribution in [0.3, 0.4) is 0 Å². The molecule has 1 aromatic heterocycles. The van der Waals surface area contributed by atoms with Gasteiger partial charge in [0.1, 0.15) is 11.4 Å². The van der Waals surface area contributed by atoms with Crippen LogP contribution in [0.25, 0.3) is 11.3 Å². The van der Waals surface area contributed by atoms with Gasteiger partial charge in [0.15, 0.2) is 5.76 Å². The summed E-state index contributed by atoms with van der Waals surface area (Å²) in [6, 6.07) is 16.4. The summed E-state index contributed by atoms with van der Waals surface area (Å²) in [6.07, 6.45) is 0. The zero-order valence-electron chi connectivity index (χ0n) is 16.2. The minimum Gasteiger partial charge on any atom is -0.496 e. The fraction of sp³-hybridized carbons (Fsp3) is 0.273. The third kappa shape index (κ3) is 4.73. The molecule has 0 radical (unpaired) electrons. The van der Waals surface area contributed by atoms with Crippen LogP contribution in [-0.4, -0.2) is 29.6 Å². The Kier molecular flexibility index (Phi) is 6.37. The van der Waals surface area contributed by atoms with Gasteiger partial charge in [-0.25, -0.2) is 0 Å². The molecule has 0 atom stereocenters. The topological polar surface area (TPSA) is 55.6 Å². The van der Waals surface area contributed by atoms with Crippen molar-refractivity contribution in [1.29, 1.82) is 0 Å². The van der Waals surface area contributed by atoms with Gasteiger partial charge in [0, 0.05) is 23.2 Å². The second-order valence-corrected chi connectivity index (χ2v) is 7.41. The summed E-state index contributed by atoms with van der Waals surface area (Å²) >= 11 is 5.94. The van der Waals surface area contributed by atoms with Crippen LogP contribution in [0.15, 0.2) is 59.1 Å². The highest BCUT2D eigenvalue weighted by molar-refractivity contribution is 6.30. The molecule has 6 heteroatoms. The number of carbonyl (C=O) groups is 1. The molecular weight excluding hydrogens is 376 g/mol. The van der Waals surface area contributed by atoms with Gasteiger partial charge in [0.05, 0.1) is 19.2 Å². The molecule has 3 aromatic rings. The van der Waals surface area contributed by atoms with Gasteiger partial charge in [0.25, 0.3) is 5.91 Å². The van der Waals surface area contributed by atoms with E-state index in [-0.39, 0.29) is 5.91 Å². The maximum absolute atomic E-state index is 13.0. The zero-order chi connectivity index (χ0) is 20.1. The first-order valence-corrected chi connectivity index (χ1v) is 9.49. The minimum atomic E-state index is -0.0628. The lowest BCUT2D eigenvalue weighted by atomic mass is 10.1. The Labute approximate surface area is 169 Å². The average molecular weight is 399 g/mol. The average Bonchev–Trinajstić information content (AvgIpc) is 3.15. The number of methoxy groups -OCH3 is 1. The van der Waals surface area contributed by atoms with Gasteiger partial charge in [-0.05, 0) is 42.3 Å². The molecular formula is C22H23ClN2O3. The highest BCUT2D eigenvalue weighted by Gasteiger charge is 2.20. The molecule has 146 valence electrons. The van der Waals surface area contributed by atoms with Gasteiger partial charge >= 0.3 is 0 Å². The number of para-hydroxylation sites is 1. The van der Waals surface area contributed by atoms with Crippen LogP contribution >= 0.6 is 11.6 Å². The number of aromatic nitrogens is 1. The standard InChI is InChI=1S/C22H23ClN2O3/c1-15(2)13-25(22(26)16-8-10-17(23)11-9-16)14-18-12-21(28-24-18)19-6-4-5-7-20(19)27-3/h4-12,15H,13-14H2,1-3H3. The van der Waals surface area contributed by atoms with E-state index in [2.05, 4.69) is 19.0 Å². The Morgan fingerprint density at radius 3 is 2.57 bits per heavy atom. The summed E-state index contributed by atoms with van der Waals surface area (Å²) in [5, 5.41) is 4.76. The Hall–Kier alpha value is -2.79. The number of amides is 1. The Morgan fingerprint density at radius 1 is 1.18 bits per heavy atom. The zero-order valence-corrected chi connectivity index (χ0v) is 16.9. The smallest absolute Gasteiger partial charge is 0.254 e. The van der Waals surface area contributed by atoms with E-state index in [0.717, 1.165) is 5.56 Å². The van der Waals surface area contributed by atoms with E-state index < -0.39 is 0 Å². The van der Waals surface area contributed by atoms with Crippen molar-refractivity contribution in [3.63, 3.8) is 0 Å². The summed E-state index contributed by atoms with van der Waals surface area (Å²) in [7, 11) is 1.62. The summed E-state index contributed by atoms with van der Waals surface area (Å²) < 4.78 is 10.9. The van der Waals surface area contributed by atoms with Gasteiger partial charge in [-0.15, -0.1) is 0 Å². The maximum Gasteiger partial charge on any atom is 0.254 e. The van der Waals surface area contributed by atoms with Gasteiger partial charge < -0.3 is 14.2 Å². The van der Waals surface area contributed by atoms with Crippen molar-refractivity contribution in [2.75, 3.05) is 13.7 Å². The minimum absolute atomic E-state index is 0.0628. The normalized spacial score (nSPS) is 10.9. The summed E-state index contributed by atoms with van der Waals surface area (Å²) in [4.78, 5) is 14.8. The third-order valence-corrected chi connectivity index (χ3v) is 4.50. The fourth-order valence-electron chi connectivity index (χ4n) is 2.99. The highest BCUT2D eigenvalue weighted by Crippen LogP contribution is 2.30. The summed E-state index contributed by atoms with van der Waals surface area (Å²) in [5.74, 6) is 1.57. The van der Waals surface area contributed by atoms with Crippen molar-refractivity contribution < 1.29 is 14.1 Å². The predicted octanol–water partition coefficient (Wildman–Crippen LogP) is 5.30. The van der Waals surface area contributed by atoms with Crippen LogP contribution in [0, 0.1) is 5.92 Å². The maximum atomic E-state index is 13.0. The first kappa shape index (κ1) is 20.0. The molecule has 0 fully saturated rings. The number of halogens is 1. The van der Waals surface area contributed by atoms with Crippen LogP contribution in [0.1, 0.15) is 29.9 Å². The van der Waals surface area contributed by atoms with Crippen LogP contribution in [0.2, 0.25) is 5.02 Å². The molecule has 28 heavy (non-hydrogen) atoms. The quantitative estimate of drug-likeness (QED) is 0.541. The van der Waals surface area contributed by atoms with Crippen LogP contribution in [-0.2, 0) is 6.54 Å². The third-order valence-electron chi connectivity index (χ3n) is 4.25. The lowest BCUT2D eigenvalue weighted by Crippen LogP contribution is -2.33. The van der Waals surface area contributed by atoms with Crippen molar-refractivity contribution in [2.45, 2.75) is 20.4 Å². The van der Waals surface area contributed by atoms with Crippen LogP contribution < -0.4 is 4.74 Å². The van der Waals surface area contributed by atoms with Gasteiger partial charge in [0.2, 0.25) is 0 Å². The van der Waals surface area contributed by atoms with Crippen molar-refractivity contribution in [2.24, 2.45) is 5.92 Å². The molecule has 0 spiro atoms.